The Balaban J connectivity index is 2.16. The van der Waals surface area contributed by atoms with Crippen LogP contribution in [0.3, 0.4) is 0 Å². The van der Waals surface area contributed by atoms with Crippen LogP contribution in [0.25, 0.3) is 0 Å². The van der Waals surface area contributed by atoms with Crippen LogP contribution in [0, 0.1) is 11.8 Å². The minimum Gasteiger partial charge on any atom is -0.418 e. The molecule has 3 unspecified atom stereocenters. The highest BCUT2D eigenvalue weighted by Gasteiger charge is 2.55. The third kappa shape index (κ3) is 5.11. The Morgan fingerprint density at radius 3 is 2.04 bits per heavy atom. The summed E-state index contributed by atoms with van der Waals surface area (Å²) in [6, 6.07) is 0. The predicted octanol–water partition coefficient (Wildman–Crippen LogP) is 2.98. The lowest BCUT2D eigenvalue weighted by atomic mass is 10.1. The molecule has 0 spiro atoms. The zero-order valence-corrected chi connectivity index (χ0v) is 19.1. The second-order valence-corrected chi connectivity index (χ2v) is 13.1. The van der Waals surface area contributed by atoms with E-state index in [1.807, 2.05) is 0 Å². The molecule has 0 N–H and O–H groups in total. The fraction of sp³-hybridized carbons (Fsp3) is 0.647. The average Bonchev–Trinajstić information content (AvgIpc) is 3.09. The van der Waals surface area contributed by atoms with Crippen molar-refractivity contribution in [3.8, 4) is 0 Å². The van der Waals surface area contributed by atoms with Crippen LogP contribution in [0.4, 0.5) is 0 Å². The summed E-state index contributed by atoms with van der Waals surface area (Å²) in [5.41, 5.74) is 7.70. The Labute approximate surface area is 147 Å². The fourth-order valence-electron chi connectivity index (χ4n) is 3.48. The van der Waals surface area contributed by atoms with E-state index in [9.17, 15) is 0 Å². The molecule has 3 nitrogen and oxygen atoms in total. The van der Waals surface area contributed by atoms with Gasteiger partial charge in [-0.1, -0.05) is 34.7 Å². The maximum atomic E-state index is 6.53. The van der Waals surface area contributed by atoms with Gasteiger partial charge in [0.2, 0.25) is 0 Å². The van der Waals surface area contributed by atoms with Crippen LogP contribution < -0.4 is 0 Å². The van der Waals surface area contributed by atoms with E-state index >= 15 is 0 Å². The Morgan fingerprint density at radius 2 is 1.65 bits per heavy atom. The first-order chi connectivity index (χ1) is 11.0. The van der Waals surface area contributed by atoms with Crippen LogP contribution >= 0.6 is 0 Å². The first-order valence-corrected chi connectivity index (χ1v) is 13.4. The Hall–Kier alpha value is -0.249. The molecule has 2 rings (SSSR count). The van der Waals surface area contributed by atoms with Crippen molar-refractivity contribution in [3.05, 3.63) is 34.7 Å². The summed E-state index contributed by atoms with van der Waals surface area (Å²) in [6.45, 7) is 11.3. The van der Waals surface area contributed by atoms with Gasteiger partial charge >= 0.3 is 8.80 Å². The highest BCUT2D eigenvalue weighted by molar-refractivity contribution is 6.72. The molecule has 3 atom stereocenters. The highest BCUT2D eigenvalue weighted by Crippen LogP contribution is 2.52. The van der Waals surface area contributed by atoms with E-state index in [-0.39, 0.29) is 0 Å². The molecule has 0 amide bonds. The zero-order valence-electron chi connectivity index (χ0n) is 15.3. The van der Waals surface area contributed by atoms with Crippen molar-refractivity contribution in [1.29, 1.82) is 0 Å². The molecule has 2 aliphatic carbocycles. The molecule has 23 heavy (non-hydrogen) atoms. The van der Waals surface area contributed by atoms with Crippen molar-refractivity contribution in [1.82, 2.24) is 0 Å². The molecule has 0 aromatic carbocycles. The van der Waals surface area contributed by atoms with Crippen molar-refractivity contribution in [2.45, 2.75) is 53.0 Å². The van der Waals surface area contributed by atoms with Crippen molar-refractivity contribution in [3.63, 3.8) is 0 Å². The summed E-state index contributed by atoms with van der Waals surface area (Å²) in [7, 11) is -4.03. The van der Waals surface area contributed by atoms with E-state index in [4.69, 9.17) is 12.7 Å². The molecular weight excluding hydrogens is 336 g/mol. The lowest BCUT2D eigenvalue weighted by Crippen LogP contribution is -2.53. The molecule has 130 valence electrons. The van der Waals surface area contributed by atoms with Crippen LogP contribution in [-0.2, 0) is 12.7 Å². The van der Waals surface area contributed by atoms with Crippen molar-refractivity contribution in [2.75, 3.05) is 6.61 Å². The van der Waals surface area contributed by atoms with Crippen LogP contribution in [0.2, 0.25) is 5.54 Å². The quantitative estimate of drug-likeness (QED) is 0.462. The van der Waals surface area contributed by atoms with E-state index < -0.39 is 28.3 Å². The summed E-state index contributed by atoms with van der Waals surface area (Å²) < 4.78 is 19.4. The molecule has 1 saturated carbocycles. The van der Waals surface area contributed by atoms with Gasteiger partial charge in [-0.3, -0.25) is 0 Å². The monoisotopic (exact) mass is 368 g/mol. The third-order valence-electron chi connectivity index (χ3n) is 4.63. The van der Waals surface area contributed by atoms with E-state index in [1.165, 1.54) is 24.0 Å². The number of fused-ring (bicyclic) bond motifs is 2. The van der Waals surface area contributed by atoms with Gasteiger partial charge in [-0.05, 0) is 59.3 Å². The largest absolute Gasteiger partial charge is 0.483 e. The van der Waals surface area contributed by atoms with Gasteiger partial charge in [0.15, 0.2) is 19.5 Å². The number of allylic oxidation sites excluding steroid dienone is 4. The summed E-state index contributed by atoms with van der Waals surface area (Å²) in [4.78, 5) is 0. The van der Waals surface area contributed by atoms with Crippen molar-refractivity contribution in [2.24, 2.45) is 11.8 Å². The molecule has 1 fully saturated rings. The number of hydrogen-bond donors (Lipinski definition) is 0. The smallest absolute Gasteiger partial charge is 0.418 e. The molecule has 0 heterocycles. The minimum absolute atomic E-state index is 0.480. The maximum Gasteiger partial charge on any atom is 0.483 e. The summed E-state index contributed by atoms with van der Waals surface area (Å²) in [6.07, 6.45) is 7.23. The van der Waals surface area contributed by atoms with E-state index in [2.05, 4.69) is 58.2 Å². The Morgan fingerprint density at radius 1 is 1.04 bits per heavy atom. The lowest BCUT2D eigenvalue weighted by molar-refractivity contribution is 0.163. The summed E-state index contributed by atoms with van der Waals surface area (Å²) in [5.74, 6) is 1.33. The molecule has 0 aromatic heterocycles. The van der Waals surface area contributed by atoms with Crippen LogP contribution in [0.1, 0.15) is 47.5 Å². The van der Waals surface area contributed by atoms with Gasteiger partial charge < -0.3 is 12.7 Å². The minimum atomic E-state index is -2.57. The average molecular weight is 369 g/mol. The standard InChI is InChI=1S/C17H32O3Si3/c1-6-18-23(19-21-11-13(2)3,20-22-12-14(4)5)17-10-15-7-8-16(17)9-15/h7-8,11-12,15-17H,6,9-10,21-22H2,1-5H3. The van der Waals surface area contributed by atoms with Gasteiger partial charge in [0, 0.05) is 12.1 Å². The molecule has 2 aliphatic rings. The van der Waals surface area contributed by atoms with Gasteiger partial charge in [0.05, 0.1) is 0 Å². The van der Waals surface area contributed by atoms with E-state index in [0.717, 1.165) is 5.92 Å². The first-order valence-electron chi connectivity index (χ1n) is 8.83. The van der Waals surface area contributed by atoms with Crippen LogP contribution in [0.5, 0.6) is 0 Å². The highest BCUT2D eigenvalue weighted by atomic mass is 28.4. The van der Waals surface area contributed by atoms with E-state index in [0.29, 0.717) is 18.1 Å². The molecule has 0 saturated heterocycles. The summed E-state index contributed by atoms with van der Waals surface area (Å²) in [5, 5.41) is 0. The Bertz CT molecular complexity index is 457. The number of hydrogen-bond acceptors (Lipinski definition) is 3. The second kappa shape index (κ2) is 8.73. The van der Waals surface area contributed by atoms with Gasteiger partial charge in [-0.15, -0.1) is 0 Å². The van der Waals surface area contributed by atoms with Gasteiger partial charge in [0.1, 0.15) is 0 Å². The van der Waals surface area contributed by atoms with Gasteiger partial charge in [-0.2, -0.15) is 0 Å². The third-order valence-corrected chi connectivity index (χ3v) is 13.4. The molecule has 0 radical (unpaired) electrons. The lowest BCUT2D eigenvalue weighted by Gasteiger charge is -2.37. The molecule has 0 aromatic rings. The summed E-state index contributed by atoms with van der Waals surface area (Å²) >= 11 is 0. The fourth-order valence-corrected chi connectivity index (χ4v) is 12.1. The zero-order chi connectivity index (χ0) is 16.9. The molecule has 0 aliphatic heterocycles. The molecular formula is C17H32O3Si3. The second-order valence-electron chi connectivity index (χ2n) is 7.11. The number of rotatable bonds is 9. The van der Waals surface area contributed by atoms with Crippen molar-refractivity contribution < 1.29 is 12.7 Å². The SMILES string of the molecule is CCO[Si](O[SiH2]C=C(C)C)(O[SiH2]C=C(C)C)C1CC2C=CC1C2. The normalized spacial score (nSPS) is 28.8. The Kier molecular flexibility index (Phi) is 7.24. The van der Waals surface area contributed by atoms with Crippen LogP contribution in [-0.4, -0.2) is 34.9 Å². The van der Waals surface area contributed by atoms with Crippen molar-refractivity contribution >= 4 is 28.3 Å². The molecule has 2 bridgehead atoms. The maximum absolute atomic E-state index is 6.53. The van der Waals surface area contributed by atoms with Gasteiger partial charge in [0.25, 0.3) is 0 Å². The first kappa shape index (κ1) is 19.1. The topological polar surface area (TPSA) is 27.7 Å². The predicted molar refractivity (Wildman–Crippen MR) is 105 cm³/mol. The van der Waals surface area contributed by atoms with Crippen LogP contribution in [0.15, 0.2) is 34.7 Å². The molecule has 6 heteroatoms. The van der Waals surface area contributed by atoms with Gasteiger partial charge in [-0.25, -0.2) is 0 Å². The van der Waals surface area contributed by atoms with E-state index in [1.54, 1.807) is 0 Å².